The number of nitrogens with two attached hydrogens (primary N) is 2. The van der Waals surface area contributed by atoms with Crippen molar-refractivity contribution in [1.29, 1.82) is 0 Å². The van der Waals surface area contributed by atoms with Crippen molar-refractivity contribution < 1.29 is 9.15 Å². The summed E-state index contributed by atoms with van der Waals surface area (Å²) < 4.78 is 11.9. The molecule has 0 unspecified atom stereocenters. The van der Waals surface area contributed by atoms with Crippen molar-refractivity contribution in [3.63, 3.8) is 0 Å². The van der Waals surface area contributed by atoms with Gasteiger partial charge >= 0.3 is 0 Å². The molecule has 4 rings (SSSR count). The fourth-order valence-electron chi connectivity index (χ4n) is 4.34. The van der Waals surface area contributed by atoms with Crippen LogP contribution in [0.25, 0.3) is 0 Å². The van der Waals surface area contributed by atoms with Crippen LogP contribution in [0.5, 0.6) is 0 Å². The Morgan fingerprint density at radius 1 is 1.27 bits per heavy atom. The number of fused-ring (bicyclic) bond motifs is 2. The average molecular weight is 433 g/mol. The van der Waals surface area contributed by atoms with E-state index in [2.05, 4.69) is 28.1 Å². The first-order chi connectivity index (χ1) is 14.5. The molecule has 2 aromatic heterocycles. The van der Waals surface area contributed by atoms with Crippen LogP contribution in [-0.4, -0.2) is 46.3 Å². The van der Waals surface area contributed by atoms with Gasteiger partial charge in [0.05, 0.1) is 12.2 Å². The van der Waals surface area contributed by atoms with Crippen LogP contribution in [0.15, 0.2) is 22.4 Å². The number of thiophene rings is 1. The van der Waals surface area contributed by atoms with Crippen molar-refractivity contribution >= 4 is 11.3 Å². The van der Waals surface area contributed by atoms with E-state index in [4.69, 9.17) is 20.7 Å². The maximum atomic E-state index is 6.37. The second kappa shape index (κ2) is 9.05. The molecule has 2 aromatic rings. The summed E-state index contributed by atoms with van der Waals surface area (Å²) in [6.07, 6.45) is 6.61. The van der Waals surface area contributed by atoms with Crippen molar-refractivity contribution in [2.75, 3.05) is 26.2 Å². The van der Waals surface area contributed by atoms with E-state index in [-0.39, 0.29) is 5.60 Å². The summed E-state index contributed by atoms with van der Waals surface area (Å²) in [5.41, 5.74) is 8.31. The Kier molecular flexibility index (Phi) is 6.43. The van der Waals surface area contributed by atoms with Gasteiger partial charge in [-0.05, 0) is 30.9 Å². The normalized spacial score (nSPS) is 19.2. The molecule has 4 N–H and O–H groups in total. The summed E-state index contributed by atoms with van der Waals surface area (Å²) in [7, 11) is 0. The molecule has 0 amide bonds. The van der Waals surface area contributed by atoms with E-state index in [9.17, 15) is 0 Å². The lowest BCUT2D eigenvalue weighted by Gasteiger charge is -2.44. The van der Waals surface area contributed by atoms with Crippen LogP contribution >= 0.6 is 11.3 Å². The molecule has 0 aliphatic carbocycles. The lowest BCUT2D eigenvalue weighted by Crippen LogP contribution is -2.47. The number of rotatable bonds is 7. The highest BCUT2D eigenvalue weighted by Crippen LogP contribution is 2.44. The average Bonchev–Trinajstić information content (AvgIpc) is 3.37. The largest absolute Gasteiger partial charge is 0.423 e. The highest BCUT2D eigenvalue weighted by atomic mass is 32.1. The van der Waals surface area contributed by atoms with Gasteiger partial charge in [0, 0.05) is 54.1 Å². The molecule has 1 spiro atoms. The third-order valence-electron chi connectivity index (χ3n) is 5.94. The van der Waals surface area contributed by atoms with Gasteiger partial charge in [0.15, 0.2) is 0 Å². The minimum absolute atomic E-state index is 0.110. The smallest absolute Gasteiger partial charge is 0.237 e. The van der Waals surface area contributed by atoms with Crippen LogP contribution in [0.2, 0.25) is 0 Å². The predicted octanol–water partition coefficient (Wildman–Crippen LogP) is 2.30. The van der Waals surface area contributed by atoms with Gasteiger partial charge in [-0.2, -0.15) is 0 Å². The second-order valence-corrected chi connectivity index (χ2v) is 9.31. The number of likely N-dealkylation sites (tertiary alicyclic amines) is 1. The number of aromatic nitrogens is 2. The van der Waals surface area contributed by atoms with Crippen LogP contribution in [0.1, 0.15) is 53.8 Å². The quantitative estimate of drug-likeness (QED) is 0.507. The Bertz CT molecular complexity index is 884. The monoisotopic (exact) mass is 432 g/mol. The van der Waals surface area contributed by atoms with E-state index in [1.54, 1.807) is 6.20 Å². The van der Waals surface area contributed by atoms with Crippen LogP contribution in [0, 0.1) is 0 Å². The molecule has 1 fully saturated rings. The molecule has 0 bridgehead atoms. The molecule has 8 nitrogen and oxygen atoms in total. The fraction of sp³-hybridized carbons (Fsp3) is 0.619. The van der Waals surface area contributed by atoms with E-state index >= 15 is 0 Å². The van der Waals surface area contributed by atoms with Crippen molar-refractivity contribution in [3.05, 3.63) is 45.1 Å². The van der Waals surface area contributed by atoms with Gasteiger partial charge in [-0.1, -0.05) is 13.8 Å². The summed E-state index contributed by atoms with van der Waals surface area (Å²) in [6, 6.07) is 2.39. The molecule has 0 aromatic carbocycles. The standard InChI is InChI=1S/C21H32N6O2S/c1-3-16-11-17-18(30-16)5-10-28-21(17)6-8-26(9-7-21)12-15(22)13-27(23)14-20-25-24-19(4-2)29-20/h11,13H,3-10,12,14,22-23H2,1-2H3/b15-13-. The van der Waals surface area contributed by atoms with Crippen LogP contribution in [0.4, 0.5) is 0 Å². The van der Waals surface area contributed by atoms with Gasteiger partial charge in [-0.25, -0.2) is 5.84 Å². The van der Waals surface area contributed by atoms with Gasteiger partial charge < -0.3 is 19.9 Å². The molecule has 9 heteroatoms. The summed E-state index contributed by atoms with van der Waals surface area (Å²) in [6.45, 7) is 7.97. The van der Waals surface area contributed by atoms with E-state index in [1.807, 2.05) is 18.3 Å². The van der Waals surface area contributed by atoms with E-state index in [0.29, 0.717) is 31.3 Å². The Hall–Kier alpha value is -1.94. The van der Waals surface area contributed by atoms with Gasteiger partial charge in [-0.15, -0.1) is 21.5 Å². The molecule has 1 saturated heterocycles. The first-order valence-corrected chi connectivity index (χ1v) is 11.6. The summed E-state index contributed by atoms with van der Waals surface area (Å²) >= 11 is 1.97. The zero-order valence-electron chi connectivity index (χ0n) is 17.9. The minimum Gasteiger partial charge on any atom is -0.423 e. The summed E-state index contributed by atoms with van der Waals surface area (Å²) in [5, 5.41) is 9.45. The Morgan fingerprint density at radius 3 is 2.73 bits per heavy atom. The van der Waals surface area contributed by atoms with Crippen LogP contribution < -0.4 is 11.6 Å². The van der Waals surface area contributed by atoms with Crippen molar-refractivity contribution in [2.45, 2.75) is 58.1 Å². The fourth-order valence-corrected chi connectivity index (χ4v) is 5.52. The number of nitrogens with zero attached hydrogens (tertiary/aromatic N) is 4. The SMILES string of the molecule is CCc1nnc(CN(N)/C=C(\N)CN2CCC3(CC2)OCCc2sc(CC)cc23)o1. The van der Waals surface area contributed by atoms with E-state index in [1.165, 1.54) is 20.3 Å². The molecule has 4 heterocycles. The zero-order valence-corrected chi connectivity index (χ0v) is 18.7. The van der Waals surface area contributed by atoms with E-state index in [0.717, 1.165) is 51.1 Å². The highest BCUT2D eigenvalue weighted by Gasteiger charge is 2.41. The predicted molar refractivity (Wildman–Crippen MR) is 116 cm³/mol. The highest BCUT2D eigenvalue weighted by molar-refractivity contribution is 7.12. The summed E-state index contributed by atoms with van der Waals surface area (Å²) in [4.78, 5) is 5.36. The number of piperidine rings is 1. The topological polar surface area (TPSA) is 107 Å². The molecule has 0 saturated carbocycles. The molecule has 0 radical (unpaired) electrons. The van der Waals surface area contributed by atoms with Gasteiger partial charge in [-0.3, -0.25) is 4.90 Å². The maximum absolute atomic E-state index is 6.37. The molecular formula is C21H32N6O2S. The molecular weight excluding hydrogens is 400 g/mol. The van der Waals surface area contributed by atoms with Crippen LogP contribution in [0.3, 0.4) is 0 Å². The molecule has 30 heavy (non-hydrogen) atoms. The van der Waals surface area contributed by atoms with E-state index < -0.39 is 0 Å². The number of ether oxygens (including phenoxy) is 1. The third-order valence-corrected chi connectivity index (χ3v) is 7.28. The molecule has 0 atom stereocenters. The van der Waals surface area contributed by atoms with Crippen molar-refractivity contribution in [1.82, 2.24) is 20.1 Å². The number of hydrogen-bond acceptors (Lipinski definition) is 9. The van der Waals surface area contributed by atoms with Crippen LogP contribution in [-0.2, 0) is 36.1 Å². The number of aryl methyl sites for hydroxylation is 2. The second-order valence-electron chi connectivity index (χ2n) is 8.09. The lowest BCUT2D eigenvalue weighted by molar-refractivity contribution is -0.0961. The Labute approximate surface area is 181 Å². The lowest BCUT2D eigenvalue weighted by atomic mass is 9.82. The maximum Gasteiger partial charge on any atom is 0.237 e. The van der Waals surface area contributed by atoms with Gasteiger partial charge in [0.25, 0.3) is 0 Å². The summed E-state index contributed by atoms with van der Waals surface area (Å²) in [5.74, 6) is 7.16. The first-order valence-electron chi connectivity index (χ1n) is 10.8. The minimum atomic E-state index is -0.110. The molecule has 2 aliphatic heterocycles. The molecule has 164 valence electrons. The number of hydrogen-bond donors (Lipinski definition) is 2. The number of hydrazine groups is 1. The van der Waals surface area contributed by atoms with Gasteiger partial charge in [0.1, 0.15) is 6.54 Å². The Balaban J connectivity index is 1.32. The zero-order chi connectivity index (χ0) is 21.1. The third kappa shape index (κ3) is 4.54. The van der Waals surface area contributed by atoms with Crippen molar-refractivity contribution in [3.8, 4) is 0 Å². The Morgan fingerprint density at radius 2 is 2.03 bits per heavy atom. The van der Waals surface area contributed by atoms with Gasteiger partial charge in [0.2, 0.25) is 11.8 Å². The molecule has 2 aliphatic rings. The van der Waals surface area contributed by atoms with Crippen molar-refractivity contribution in [2.24, 2.45) is 11.6 Å². The first kappa shape index (κ1) is 21.3.